The Hall–Kier alpha value is -3.21. The number of aromatic carboxylic acids is 1. The summed E-state index contributed by atoms with van der Waals surface area (Å²) in [7, 11) is 0. The topological polar surface area (TPSA) is 80.7 Å². The van der Waals surface area contributed by atoms with Gasteiger partial charge in [0.15, 0.2) is 5.78 Å². The summed E-state index contributed by atoms with van der Waals surface area (Å²) in [5.74, 6) is -2.44. The average Bonchev–Trinajstić information content (AvgIpc) is 2.53. The van der Waals surface area contributed by atoms with Crippen molar-refractivity contribution in [3.8, 4) is 5.75 Å². The molecule has 2 rings (SSSR count). The van der Waals surface area contributed by atoms with E-state index in [4.69, 9.17) is 9.84 Å². The van der Waals surface area contributed by atoms with Crippen molar-refractivity contribution in [3.63, 3.8) is 0 Å². The van der Waals surface area contributed by atoms with Gasteiger partial charge in [-0.25, -0.2) is 9.59 Å². The number of carbonyl (C=O) groups excluding carboxylic acids is 2. The van der Waals surface area contributed by atoms with Gasteiger partial charge in [-0.15, -0.1) is 0 Å². The third-order valence-electron chi connectivity index (χ3n) is 2.76. The average molecular weight is 296 g/mol. The lowest BCUT2D eigenvalue weighted by Crippen LogP contribution is -2.09. The van der Waals surface area contributed by atoms with Gasteiger partial charge in [-0.3, -0.25) is 4.79 Å². The van der Waals surface area contributed by atoms with Gasteiger partial charge in [0.25, 0.3) is 0 Å². The Morgan fingerprint density at radius 2 is 1.50 bits per heavy atom. The first-order chi connectivity index (χ1) is 10.6. The number of ketones is 1. The van der Waals surface area contributed by atoms with Crippen molar-refractivity contribution in [2.75, 3.05) is 0 Å². The standard InChI is InChI=1S/C17H12O5/c18-14(12-6-2-1-3-7-12)10-11-16(19)22-15-9-5-4-8-13(15)17(20)21/h1-11H,(H,20,21)/b11-10+. The monoisotopic (exact) mass is 296 g/mol. The van der Waals surface area contributed by atoms with Crippen molar-refractivity contribution in [2.45, 2.75) is 0 Å². The van der Waals surface area contributed by atoms with Crippen LogP contribution in [-0.4, -0.2) is 22.8 Å². The minimum absolute atomic E-state index is 0.0724. The van der Waals surface area contributed by atoms with Gasteiger partial charge < -0.3 is 9.84 Å². The van der Waals surface area contributed by atoms with Gasteiger partial charge in [0.2, 0.25) is 0 Å². The number of ether oxygens (including phenoxy) is 1. The molecule has 0 bridgehead atoms. The zero-order valence-electron chi connectivity index (χ0n) is 11.4. The number of esters is 1. The fourth-order valence-electron chi connectivity index (χ4n) is 1.72. The predicted octanol–water partition coefficient (Wildman–Crippen LogP) is 2.73. The molecule has 0 radical (unpaired) electrons. The molecule has 22 heavy (non-hydrogen) atoms. The highest BCUT2D eigenvalue weighted by molar-refractivity contribution is 6.07. The molecule has 0 spiro atoms. The molecule has 0 aliphatic carbocycles. The first kappa shape index (κ1) is 15.2. The maximum Gasteiger partial charge on any atom is 0.339 e. The Balaban J connectivity index is 2.06. The molecule has 2 aromatic carbocycles. The summed E-state index contributed by atoms with van der Waals surface area (Å²) in [5, 5.41) is 8.98. The van der Waals surface area contributed by atoms with Crippen molar-refractivity contribution in [1.82, 2.24) is 0 Å². The number of carboxylic acids is 1. The third kappa shape index (κ3) is 3.89. The summed E-state index contributed by atoms with van der Waals surface area (Å²) in [4.78, 5) is 34.4. The molecule has 5 nitrogen and oxygen atoms in total. The maximum absolute atomic E-state index is 11.8. The quantitative estimate of drug-likeness (QED) is 0.397. The van der Waals surface area contributed by atoms with Gasteiger partial charge in [0.05, 0.1) is 0 Å². The van der Waals surface area contributed by atoms with Crippen molar-refractivity contribution in [2.24, 2.45) is 0 Å². The zero-order valence-corrected chi connectivity index (χ0v) is 11.4. The lowest BCUT2D eigenvalue weighted by Gasteiger charge is -2.04. The Morgan fingerprint density at radius 1 is 0.864 bits per heavy atom. The Kier molecular flexibility index (Phi) is 4.82. The lowest BCUT2D eigenvalue weighted by molar-refractivity contribution is -0.129. The van der Waals surface area contributed by atoms with Gasteiger partial charge in [0, 0.05) is 11.6 Å². The van der Waals surface area contributed by atoms with E-state index < -0.39 is 11.9 Å². The van der Waals surface area contributed by atoms with Gasteiger partial charge >= 0.3 is 11.9 Å². The first-order valence-electron chi connectivity index (χ1n) is 6.39. The van der Waals surface area contributed by atoms with E-state index in [-0.39, 0.29) is 17.1 Å². The summed E-state index contributed by atoms with van der Waals surface area (Å²) in [5.41, 5.74) is 0.316. The molecular weight excluding hydrogens is 284 g/mol. The van der Waals surface area contributed by atoms with Gasteiger partial charge in [-0.05, 0) is 18.2 Å². The van der Waals surface area contributed by atoms with Crippen LogP contribution in [-0.2, 0) is 4.79 Å². The van der Waals surface area contributed by atoms with Crippen molar-refractivity contribution in [3.05, 3.63) is 77.9 Å². The number of para-hydroxylation sites is 1. The molecule has 0 unspecified atom stereocenters. The molecule has 0 aromatic heterocycles. The van der Waals surface area contributed by atoms with E-state index in [9.17, 15) is 14.4 Å². The summed E-state index contributed by atoms with van der Waals surface area (Å²) < 4.78 is 4.93. The van der Waals surface area contributed by atoms with Crippen LogP contribution >= 0.6 is 0 Å². The molecule has 0 saturated heterocycles. The molecule has 0 amide bonds. The number of hydrogen-bond acceptors (Lipinski definition) is 4. The summed E-state index contributed by atoms with van der Waals surface area (Å²) >= 11 is 0. The fourth-order valence-corrected chi connectivity index (χ4v) is 1.72. The van der Waals surface area contributed by atoms with E-state index in [2.05, 4.69) is 0 Å². The lowest BCUT2D eigenvalue weighted by atomic mass is 10.1. The van der Waals surface area contributed by atoms with Crippen LogP contribution in [0.2, 0.25) is 0 Å². The molecule has 0 saturated carbocycles. The van der Waals surface area contributed by atoms with Gasteiger partial charge in [-0.1, -0.05) is 42.5 Å². The molecule has 0 fully saturated rings. The van der Waals surface area contributed by atoms with Crippen LogP contribution in [0.1, 0.15) is 20.7 Å². The van der Waals surface area contributed by atoms with Crippen molar-refractivity contribution >= 4 is 17.7 Å². The Bertz CT molecular complexity index is 732. The minimum atomic E-state index is -1.20. The van der Waals surface area contributed by atoms with Gasteiger partial charge in [-0.2, -0.15) is 0 Å². The Labute approximate surface area is 126 Å². The van der Waals surface area contributed by atoms with Crippen molar-refractivity contribution in [1.29, 1.82) is 0 Å². The van der Waals surface area contributed by atoms with Crippen LogP contribution in [0.25, 0.3) is 0 Å². The van der Waals surface area contributed by atoms with E-state index in [1.807, 2.05) is 0 Å². The smallest absolute Gasteiger partial charge is 0.339 e. The van der Waals surface area contributed by atoms with Gasteiger partial charge in [0.1, 0.15) is 11.3 Å². The molecule has 1 N–H and O–H groups in total. The summed E-state index contributed by atoms with van der Waals surface area (Å²) in [6.07, 6.45) is 2.05. The number of allylic oxidation sites excluding steroid dienone is 1. The molecular formula is C17H12O5. The minimum Gasteiger partial charge on any atom is -0.478 e. The van der Waals surface area contributed by atoms with Crippen LogP contribution in [0, 0.1) is 0 Å². The van der Waals surface area contributed by atoms with E-state index in [1.165, 1.54) is 18.2 Å². The molecule has 0 aliphatic rings. The highest BCUT2D eigenvalue weighted by Gasteiger charge is 2.12. The second-order valence-corrected chi connectivity index (χ2v) is 4.29. The van der Waals surface area contributed by atoms with Crippen LogP contribution in [0.3, 0.4) is 0 Å². The number of rotatable bonds is 5. The molecule has 0 aliphatic heterocycles. The number of carbonyl (C=O) groups is 3. The van der Waals surface area contributed by atoms with Crippen molar-refractivity contribution < 1.29 is 24.2 Å². The second kappa shape index (κ2) is 6.99. The maximum atomic E-state index is 11.8. The van der Waals surface area contributed by atoms with Crippen LogP contribution in [0.4, 0.5) is 0 Å². The van der Waals surface area contributed by atoms with Crippen LogP contribution < -0.4 is 4.74 Å². The molecule has 2 aromatic rings. The summed E-state index contributed by atoms with van der Waals surface area (Å²) in [6.45, 7) is 0. The predicted molar refractivity (Wildman–Crippen MR) is 78.9 cm³/mol. The molecule has 110 valence electrons. The SMILES string of the molecule is O=C(/C=C/C(=O)c1ccccc1)Oc1ccccc1C(=O)O. The molecule has 0 heterocycles. The zero-order chi connectivity index (χ0) is 15.9. The molecule has 0 atom stereocenters. The van der Waals surface area contributed by atoms with E-state index >= 15 is 0 Å². The molecule has 5 heteroatoms. The first-order valence-corrected chi connectivity index (χ1v) is 6.39. The van der Waals surface area contributed by atoms with E-state index in [0.29, 0.717) is 5.56 Å². The highest BCUT2D eigenvalue weighted by atomic mass is 16.5. The van der Waals surface area contributed by atoms with E-state index in [0.717, 1.165) is 12.2 Å². The highest BCUT2D eigenvalue weighted by Crippen LogP contribution is 2.18. The van der Waals surface area contributed by atoms with E-state index in [1.54, 1.807) is 36.4 Å². The Morgan fingerprint density at radius 3 is 2.18 bits per heavy atom. The van der Waals surface area contributed by atoms with Crippen LogP contribution in [0.15, 0.2) is 66.7 Å². The van der Waals surface area contributed by atoms with Crippen LogP contribution in [0.5, 0.6) is 5.75 Å². The number of carboxylic acid groups (broad SMARTS) is 1. The fraction of sp³-hybridized carbons (Fsp3) is 0. The number of hydrogen-bond donors (Lipinski definition) is 1. The second-order valence-electron chi connectivity index (χ2n) is 4.29. The normalized spacial score (nSPS) is 10.4. The largest absolute Gasteiger partial charge is 0.478 e. The summed E-state index contributed by atoms with van der Waals surface area (Å²) in [6, 6.07) is 14.2. The third-order valence-corrected chi connectivity index (χ3v) is 2.76. The number of benzene rings is 2.